The summed E-state index contributed by atoms with van der Waals surface area (Å²) in [5.41, 5.74) is 0. The van der Waals surface area contributed by atoms with Crippen LogP contribution in [0.15, 0.2) is 0 Å². The summed E-state index contributed by atoms with van der Waals surface area (Å²) in [4.78, 5) is 0. The molecule has 0 aromatic rings. The Morgan fingerprint density at radius 2 is 0.786 bits per heavy atom. The third-order valence-electron chi connectivity index (χ3n) is 5.93. The summed E-state index contributed by atoms with van der Waals surface area (Å²) in [5.74, 6) is 0. The third-order valence-corrected chi connectivity index (χ3v) is 5.93. The second-order valence-electron chi connectivity index (χ2n) is 8.36. The second-order valence-corrected chi connectivity index (χ2v) is 8.36. The fraction of sp³-hybridized carbons (Fsp3) is 1.00. The van der Waals surface area contributed by atoms with E-state index in [9.17, 15) is 10.2 Å². The highest BCUT2D eigenvalue weighted by Crippen LogP contribution is 2.15. The van der Waals surface area contributed by atoms with Gasteiger partial charge in [0.15, 0.2) is 0 Å². The lowest BCUT2D eigenvalue weighted by Gasteiger charge is -2.38. The van der Waals surface area contributed by atoms with Crippen LogP contribution in [0.5, 0.6) is 0 Å². The van der Waals surface area contributed by atoms with Crippen molar-refractivity contribution >= 4 is 0 Å². The second kappa shape index (κ2) is 23.6. The minimum Gasteiger partial charge on any atom is -1.00 e. The number of aliphatic hydroxyl groups excluding tert-OH is 3. The van der Waals surface area contributed by atoms with E-state index in [-0.39, 0.29) is 36.8 Å². The van der Waals surface area contributed by atoms with Gasteiger partial charge in [-0.2, -0.15) is 0 Å². The lowest BCUT2D eigenvalue weighted by Crippen LogP contribution is -3.00. The van der Waals surface area contributed by atoms with Crippen LogP contribution < -0.4 is 17.0 Å². The number of halogens is 1. The van der Waals surface area contributed by atoms with Crippen LogP contribution in [0.4, 0.5) is 0 Å². The Bertz CT molecular complexity index is 287. The van der Waals surface area contributed by atoms with E-state index < -0.39 is 0 Å². The summed E-state index contributed by atoms with van der Waals surface area (Å²) in [6.07, 6.45) is 19.8. The van der Waals surface area contributed by atoms with Crippen molar-refractivity contribution in [3.05, 3.63) is 0 Å². The first kappa shape index (κ1) is 30.5. The molecular formula is C23H50BrNO3. The van der Waals surface area contributed by atoms with Gasteiger partial charge >= 0.3 is 0 Å². The smallest absolute Gasteiger partial charge is 0.102 e. The summed E-state index contributed by atoms with van der Waals surface area (Å²) in [6.45, 7) is 6.04. The summed E-state index contributed by atoms with van der Waals surface area (Å²) < 4.78 is 0.756. The van der Waals surface area contributed by atoms with Gasteiger partial charge in [0.05, 0.1) is 26.3 Å². The maximum atomic E-state index is 9.38. The van der Waals surface area contributed by atoms with Gasteiger partial charge in [0.2, 0.25) is 0 Å². The average Bonchev–Trinajstić information content (AvgIpc) is 2.67. The van der Waals surface area contributed by atoms with Gasteiger partial charge in [-0.25, -0.2) is 0 Å². The summed E-state index contributed by atoms with van der Waals surface area (Å²) in [5, 5.41) is 27.9. The fourth-order valence-corrected chi connectivity index (χ4v) is 4.14. The molecule has 0 aliphatic carbocycles. The van der Waals surface area contributed by atoms with Gasteiger partial charge in [-0.3, -0.25) is 0 Å². The van der Waals surface area contributed by atoms with Crippen molar-refractivity contribution in [1.29, 1.82) is 0 Å². The number of unbranched alkanes of at least 4 members (excludes halogenated alkanes) is 13. The molecule has 0 atom stereocenters. The Morgan fingerprint density at radius 3 is 1.14 bits per heavy atom. The molecule has 0 aromatic heterocycles. The van der Waals surface area contributed by atoms with Gasteiger partial charge in [-0.15, -0.1) is 0 Å². The lowest BCUT2D eigenvalue weighted by molar-refractivity contribution is -0.929. The molecule has 0 rings (SSSR count). The predicted octanol–water partition coefficient (Wildman–Crippen LogP) is 1.66. The monoisotopic (exact) mass is 467 g/mol. The Hall–Kier alpha value is 0.320. The standard InChI is InChI=1S/C23H50NO3.BrH/c1-2-3-4-5-6-7-8-9-10-11-12-13-14-15-17-24(19-22-26,20-23-27)18-16-21-25;/h25-27H,2-23H2,1H3;1H/q+1;/p-1. The molecule has 0 aliphatic heterocycles. The SMILES string of the molecule is CCCCCCCCCCCCCCCC[N+](CCO)(CCO)CCCO.[Br-]. The van der Waals surface area contributed by atoms with Gasteiger partial charge in [-0.05, 0) is 12.8 Å². The van der Waals surface area contributed by atoms with E-state index in [4.69, 9.17) is 5.11 Å². The van der Waals surface area contributed by atoms with Crippen LogP contribution in [0.3, 0.4) is 0 Å². The zero-order valence-corrected chi connectivity index (χ0v) is 20.3. The molecule has 0 aromatic carbocycles. The van der Waals surface area contributed by atoms with E-state index in [1.165, 1.54) is 83.5 Å². The zero-order valence-electron chi connectivity index (χ0n) is 18.7. The van der Waals surface area contributed by atoms with Crippen LogP contribution in [-0.4, -0.2) is 65.8 Å². The highest BCUT2D eigenvalue weighted by Gasteiger charge is 2.25. The van der Waals surface area contributed by atoms with E-state index in [0.717, 1.165) is 30.4 Å². The number of quaternary nitrogens is 1. The fourth-order valence-electron chi connectivity index (χ4n) is 4.14. The van der Waals surface area contributed by atoms with Crippen molar-refractivity contribution in [3.8, 4) is 0 Å². The number of nitrogens with zero attached hydrogens (tertiary/aromatic N) is 1. The normalized spacial score (nSPS) is 11.6. The molecule has 5 heteroatoms. The molecular weight excluding hydrogens is 418 g/mol. The lowest BCUT2D eigenvalue weighted by atomic mass is 10.0. The highest BCUT2D eigenvalue weighted by atomic mass is 79.9. The third kappa shape index (κ3) is 18.4. The largest absolute Gasteiger partial charge is 1.00 e. The van der Waals surface area contributed by atoms with Gasteiger partial charge in [-0.1, -0.05) is 84.0 Å². The quantitative estimate of drug-likeness (QED) is 0.167. The van der Waals surface area contributed by atoms with Crippen molar-refractivity contribution in [2.24, 2.45) is 0 Å². The highest BCUT2D eigenvalue weighted by molar-refractivity contribution is 4.51. The molecule has 0 radical (unpaired) electrons. The molecule has 0 bridgehead atoms. The molecule has 0 amide bonds. The Morgan fingerprint density at radius 1 is 0.429 bits per heavy atom. The first-order valence-electron chi connectivity index (χ1n) is 11.9. The van der Waals surface area contributed by atoms with E-state index >= 15 is 0 Å². The van der Waals surface area contributed by atoms with E-state index in [2.05, 4.69) is 6.92 Å². The van der Waals surface area contributed by atoms with Crippen LogP contribution in [0.25, 0.3) is 0 Å². The zero-order chi connectivity index (χ0) is 20.1. The molecule has 4 nitrogen and oxygen atoms in total. The summed E-state index contributed by atoms with van der Waals surface area (Å²) in [7, 11) is 0. The molecule has 0 aliphatic rings. The maximum absolute atomic E-state index is 9.38. The van der Waals surface area contributed by atoms with E-state index in [1.807, 2.05) is 0 Å². The summed E-state index contributed by atoms with van der Waals surface area (Å²) >= 11 is 0. The van der Waals surface area contributed by atoms with Crippen molar-refractivity contribution in [2.45, 2.75) is 103 Å². The predicted molar refractivity (Wildman–Crippen MR) is 116 cm³/mol. The topological polar surface area (TPSA) is 60.7 Å². The minimum atomic E-state index is 0. The first-order valence-corrected chi connectivity index (χ1v) is 11.9. The number of rotatable bonds is 22. The Balaban J connectivity index is 0. The van der Waals surface area contributed by atoms with Gasteiger partial charge in [0.1, 0.15) is 13.1 Å². The molecule has 0 fully saturated rings. The van der Waals surface area contributed by atoms with Gasteiger partial charge < -0.3 is 36.8 Å². The molecule has 0 unspecified atom stereocenters. The first-order chi connectivity index (χ1) is 13.2. The van der Waals surface area contributed by atoms with Crippen LogP contribution in [0.1, 0.15) is 103 Å². The molecule has 28 heavy (non-hydrogen) atoms. The van der Waals surface area contributed by atoms with Crippen molar-refractivity contribution in [2.75, 3.05) is 46.0 Å². The summed E-state index contributed by atoms with van der Waals surface area (Å²) in [6, 6.07) is 0. The molecule has 3 N–H and O–H groups in total. The molecule has 0 saturated carbocycles. The Kier molecular flexibility index (Phi) is 25.7. The van der Waals surface area contributed by atoms with Crippen LogP contribution in [-0.2, 0) is 0 Å². The van der Waals surface area contributed by atoms with Crippen LogP contribution >= 0.6 is 0 Å². The minimum absolute atomic E-state index is 0. The Labute approximate surface area is 186 Å². The number of aliphatic hydroxyl groups is 3. The molecule has 0 saturated heterocycles. The van der Waals surface area contributed by atoms with Gasteiger partial charge in [0.25, 0.3) is 0 Å². The number of hydrogen-bond donors (Lipinski definition) is 3. The van der Waals surface area contributed by atoms with Gasteiger partial charge in [0, 0.05) is 13.0 Å². The molecule has 0 spiro atoms. The molecule has 0 heterocycles. The van der Waals surface area contributed by atoms with Crippen LogP contribution in [0.2, 0.25) is 0 Å². The molecule has 172 valence electrons. The van der Waals surface area contributed by atoms with Crippen molar-refractivity contribution in [1.82, 2.24) is 0 Å². The van der Waals surface area contributed by atoms with Crippen molar-refractivity contribution < 1.29 is 36.8 Å². The van der Waals surface area contributed by atoms with Crippen LogP contribution in [0, 0.1) is 0 Å². The van der Waals surface area contributed by atoms with E-state index in [0.29, 0.717) is 13.1 Å². The van der Waals surface area contributed by atoms with Crippen molar-refractivity contribution in [3.63, 3.8) is 0 Å². The van der Waals surface area contributed by atoms with E-state index in [1.54, 1.807) is 0 Å². The maximum Gasteiger partial charge on any atom is 0.102 e. The number of hydrogen-bond acceptors (Lipinski definition) is 3. The average molecular weight is 469 g/mol.